The Labute approximate surface area is 210 Å². The molecule has 0 unspecified atom stereocenters. The summed E-state index contributed by atoms with van der Waals surface area (Å²) in [7, 11) is 0. The molecule has 0 aliphatic heterocycles. The zero-order chi connectivity index (χ0) is 25.7. The van der Waals surface area contributed by atoms with Crippen LogP contribution in [0.3, 0.4) is 0 Å². The summed E-state index contributed by atoms with van der Waals surface area (Å²) < 4.78 is 15.0. The molecule has 0 fully saturated rings. The molecule has 6 nitrogen and oxygen atoms in total. The molecular weight excluding hydrogens is 455 g/mol. The van der Waals surface area contributed by atoms with Crippen molar-refractivity contribution in [3.05, 3.63) is 107 Å². The van der Waals surface area contributed by atoms with Gasteiger partial charge in [-0.1, -0.05) is 30.3 Å². The second kappa shape index (κ2) is 11.0. The van der Waals surface area contributed by atoms with E-state index in [1.807, 2.05) is 63.2 Å². The van der Waals surface area contributed by atoms with Crippen molar-refractivity contribution in [3.8, 4) is 5.69 Å². The summed E-state index contributed by atoms with van der Waals surface area (Å²) in [6.07, 6.45) is 0.444. The largest absolute Gasteiger partial charge is 0.326 e. The number of halogens is 1. The fourth-order valence-corrected chi connectivity index (χ4v) is 4.22. The average Bonchev–Trinajstić information content (AvgIpc) is 3.15. The molecule has 3 aromatic carbocycles. The number of rotatable bonds is 8. The van der Waals surface area contributed by atoms with Crippen LogP contribution in [0, 0.1) is 19.7 Å². The molecule has 0 spiro atoms. The number of carbonyl (C=O) groups excluding carboxylic acids is 2. The molecule has 0 radical (unpaired) electrons. The molecule has 7 heteroatoms. The molecule has 0 saturated carbocycles. The van der Waals surface area contributed by atoms with Gasteiger partial charge in [0.05, 0.1) is 24.2 Å². The van der Waals surface area contributed by atoms with Crippen LogP contribution in [-0.2, 0) is 22.4 Å². The molecule has 36 heavy (non-hydrogen) atoms. The van der Waals surface area contributed by atoms with Gasteiger partial charge in [0.2, 0.25) is 11.8 Å². The summed E-state index contributed by atoms with van der Waals surface area (Å²) >= 11 is 0. The SMILES string of the molecule is CCN(C(=O)Cc1ccc(NC(=O)Cc2c(C)nn(-c3ccc(F)cc3)c2C)cc1)c1ccccc1. The fourth-order valence-electron chi connectivity index (χ4n) is 4.22. The summed E-state index contributed by atoms with van der Waals surface area (Å²) in [6, 6.07) is 23.0. The third-order valence-electron chi connectivity index (χ3n) is 6.13. The lowest BCUT2D eigenvalue weighted by atomic mass is 10.1. The lowest BCUT2D eigenvalue weighted by molar-refractivity contribution is -0.118. The Bertz CT molecular complexity index is 1350. The molecule has 2 amide bonds. The number of aromatic nitrogens is 2. The van der Waals surface area contributed by atoms with E-state index in [4.69, 9.17) is 0 Å². The summed E-state index contributed by atoms with van der Waals surface area (Å²) in [5.41, 5.74) is 5.57. The summed E-state index contributed by atoms with van der Waals surface area (Å²) in [5.74, 6) is -0.455. The van der Waals surface area contributed by atoms with Crippen molar-refractivity contribution in [2.75, 3.05) is 16.8 Å². The summed E-state index contributed by atoms with van der Waals surface area (Å²) in [6.45, 7) is 6.30. The minimum Gasteiger partial charge on any atom is -0.326 e. The molecule has 1 aromatic heterocycles. The Hall–Kier alpha value is -4.26. The first-order valence-electron chi connectivity index (χ1n) is 11.9. The number of amides is 2. The highest BCUT2D eigenvalue weighted by Crippen LogP contribution is 2.20. The quantitative estimate of drug-likeness (QED) is 0.364. The number of benzene rings is 3. The van der Waals surface area contributed by atoms with Gasteiger partial charge in [-0.2, -0.15) is 5.10 Å². The molecule has 184 valence electrons. The minimum absolute atomic E-state index is 0.0182. The first-order valence-corrected chi connectivity index (χ1v) is 11.9. The number of anilines is 2. The Morgan fingerprint density at radius 3 is 2.22 bits per heavy atom. The van der Waals surface area contributed by atoms with Crippen molar-refractivity contribution < 1.29 is 14.0 Å². The van der Waals surface area contributed by atoms with Crippen LogP contribution >= 0.6 is 0 Å². The van der Waals surface area contributed by atoms with Crippen LogP contribution in [0.15, 0.2) is 78.9 Å². The highest BCUT2D eigenvalue weighted by molar-refractivity contribution is 5.95. The van der Waals surface area contributed by atoms with Gasteiger partial charge in [-0.3, -0.25) is 9.59 Å². The molecule has 4 rings (SSSR count). The predicted octanol–water partition coefficient (Wildman–Crippen LogP) is 5.41. The van der Waals surface area contributed by atoms with Crippen LogP contribution in [0.2, 0.25) is 0 Å². The number of likely N-dealkylation sites (N-methyl/N-ethyl adjacent to an activating group) is 1. The molecular formula is C29H29FN4O2. The lowest BCUT2D eigenvalue weighted by Crippen LogP contribution is -2.31. The normalized spacial score (nSPS) is 10.8. The monoisotopic (exact) mass is 484 g/mol. The van der Waals surface area contributed by atoms with Gasteiger partial charge >= 0.3 is 0 Å². The first-order chi connectivity index (χ1) is 17.4. The number of hydrogen-bond acceptors (Lipinski definition) is 3. The number of hydrogen-bond donors (Lipinski definition) is 1. The maximum Gasteiger partial charge on any atom is 0.231 e. The minimum atomic E-state index is -0.311. The second-order valence-corrected chi connectivity index (χ2v) is 8.61. The van der Waals surface area contributed by atoms with Crippen molar-refractivity contribution in [3.63, 3.8) is 0 Å². The molecule has 0 saturated heterocycles. The van der Waals surface area contributed by atoms with Gasteiger partial charge in [0.15, 0.2) is 0 Å². The Kier molecular flexibility index (Phi) is 7.59. The molecule has 0 aliphatic carbocycles. The van der Waals surface area contributed by atoms with Crippen LogP contribution in [0.1, 0.15) is 29.4 Å². The predicted molar refractivity (Wildman–Crippen MR) is 140 cm³/mol. The highest BCUT2D eigenvalue weighted by Gasteiger charge is 2.17. The third-order valence-corrected chi connectivity index (χ3v) is 6.13. The first kappa shape index (κ1) is 24.9. The highest BCUT2D eigenvalue weighted by atomic mass is 19.1. The maximum atomic E-state index is 13.3. The Balaban J connectivity index is 1.38. The maximum absolute atomic E-state index is 13.3. The van der Waals surface area contributed by atoms with Gasteiger partial charge in [-0.05, 0) is 74.9 Å². The number of aryl methyl sites for hydroxylation is 1. The lowest BCUT2D eigenvalue weighted by Gasteiger charge is -2.21. The van der Waals surface area contributed by atoms with E-state index in [1.54, 1.807) is 33.8 Å². The van der Waals surface area contributed by atoms with Gasteiger partial charge in [0.1, 0.15) is 5.82 Å². The Morgan fingerprint density at radius 2 is 1.58 bits per heavy atom. The van der Waals surface area contributed by atoms with Gasteiger partial charge < -0.3 is 10.2 Å². The summed E-state index contributed by atoms with van der Waals surface area (Å²) in [5, 5.41) is 7.45. The van der Waals surface area contributed by atoms with Gasteiger partial charge in [-0.15, -0.1) is 0 Å². The van der Waals surface area contributed by atoms with E-state index < -0.39 is 0 Å². The molecule has 0 atom stereocenters. The van der Waals surface area contributed by atoms with E-state index in [0.717, 1.165) is 33.9 Å². The summed E-state index contributed by atoms with van der Waals surface area (Å²) in [4.78, 5) is 27.3. The number of para-hydroxylation sites is 1. The topological polar surface area (TPSA) is 67.2 Å². The standard InChI is InChI=1S/C29H29FN4O2/c1-4-33(25-8-6-5-7-9-25)29(36)18-22-10-14-24(15-11-22)31-28(35)19-27-20(2)32-34(21(27)3)26-16-12-23(30)13-17-26/h5-17H,4,18-19H2,1-3H3,(H,31,35). The molecule has 0 bridgehead atoms. The van der Waals surface area contributed by atoms with Crippen molar-refractivity contribution in [1.29, 1.82) is 0 Å². The van der Waals surface area contributed by atoms with Gasteiger partial charge in [-0.25, -0.2) is 9.07 Å². The number of carbonyl (C=O) groups is 2. The zero-order valence-electron chi connectivity index (χ0n) is 20.7. The van der Waals surface area contributed by atoms with E-state index in [-0.39, 0.29) is 30.5 Å². The van der Waals surface area contributed by atoms with E-state index >= 15 is 0 Å². The van der Waals surface area contributed by atoms with Crippen molar-refractivity contribution in [1.82, 2.24) is 9.78 Å². The van der Waals surface area contributed by atoms with Crippen LogP contribution in [0.4, 0.5) is 15.8 Å². The molecule has 1 heterocycles. The van der Waals surface area contributed by atoms with Crippen molar-refractivity contribution in [2.45, 2.75) is 33.6 Å². The van der Waals surface area contributed by atoms with E-state index in [0.29, 0.717) is 12.2 Å². The molecule has 1 N–H and O–H groups in total. The molecule has 0 aliphatic rings. The Morgan fingerprint density at radius 1 is 0.917 bits per heavy atom. The van der Waals surface area contributed by atoms with Crippen LogP contribution in [0.5, 0.6) is 0 Å². The second-order valence-electron chi connectivity index (χ2n) is 8.61. The molecule has 4 aromatic rings. The zero-order valence-corrected chi connectivity index (χ0v) is 20.7. The number of nitrogens with one attached hydrogen (secondary N) is 1. The van der Waals surface area contributed by atoms with E-state index in [1.165, 1.54) is 12.1 Å². The van der Waals surface area contributed by atoms with Gasteiger partial charge in [0, 0.05) is 29.2 Å². The number of nitrogens with zero attached hydrogens (tertiary/aromatic N) is 3. The van der Waals surface area contributed by atoms with Gasteiger partial charge in [0.25, 0.3) is 0 Å². The van der Waals surface area contributed by atoms with E-state index in [9.17, 15) is 14.0 Å². The van der Waals surface area contributed by atoms with Crippen LogP contribution in [0.25, 0.3) is 5.69 Å². The van der Waals surface area contributed by atoms with Crippen molar-refractivity contribution >= 4 is 23.2 Å². The smallest absolute Gasteiger partial charge is 0.231 e. The fraction of sp³-hybridized carbons (Fsp3) is 0.207. The third kappa shape index (κ3) is 5.68. The van der Waals surface area contributed by atoms with Crippen LogP contribution < -0.4 is 10.2 Å². The average molecular weight is 485 g/mol. The van der Waals surface area contributed by atoms with E-state index in [2.05, 4.69) is 10.4 Å². The van der Waals surface area contributed by atoms with Crippen LogP contribution in [-0.4, -0.2) is 28.1 Å². The van der Waals surface area contributed by atoms with Crippen molar-refractivity contribution in [2.24, 2.45) is 0 Å².